The van der Waals surface area contributed by atoms with Crippen molar-refractivity contribution in [2.24, 2.45) is 10.9 Å². The van der Waals surface area contributed by atoms with Crippen molar-refractivity contribution in [1.29, 1.82) is 0 Å². The molecule has 3 heterocycles. The fourth-order valence-electron chi connectivity index (χ4n) is 4.33. The molecule has 0 aliphatic carbocycles. The second kappa shape index (κ2) is 7.55. The highest BCUT2D eigenvalue weighted by molar-refractivity contribution is 5.99. The first kappa shape index (κ1) is 20.4. The number of halogens is 3. The number of benzene rings is 2. The maximum Gasteiger partial charge on any atom is 0.573 e. The van der Waals surface area contributed by atoms with E-state index in [0.29, 0.717) is 0 Å². The number of para-hydroxylation sites is 1. The van der Waals surface area contributed by atoms with Gasteiger partial charge in [0.2, 0.25) is 0 Å². The lowest BCUT2D eigenvalue weighted by molar-refractivity contribution is -0.274. The fourth-order valence-corrected chi connectivity index (χ4v) is 4.33. The summed E-state index contributed by atoms with van der Waals surface area (Å²) >= 11 is 0. The standard InChI is InChI=1S/C24H21F3N4O/c1-23(18-7-9-19(10-8-18)32-24(25,26)27)22(28-12-13-29-23)17-14-31(15-17)21-11-6-16-4-2-3-5-20(16)30-21/h2-13,17,29H,14-15H2,1H3. The monoisotopic (exact) mass is 438 g/mol. The minimum Gasteiger partial charge on any atom is -0.406 e. The number of hydrogen-bond acceptors (Lipinski definition) is 5. The molecule has 1 fully saturated rings. The summed E-state index contributed by atoms with van der Waals surface area (Å²) in [7, 11) is 0. The predicted octanol–water partition coefficient (Wildman–Crippen LogP) is 5.00. The molecular weight excluding hydrogens is 417 g/mol. The predicted molar refractivity (Wildman–Crippen MR) is 118 cm³/mol. The molecule has 1 saturated heterocycles. The van der Waals surface area contributed by atoms with Crippen LogP contribution in [-0.4, -0.2) is 30.1 Å². The van der Waals surface area contributed by atoms with Gasteiger partial charge < -0.3 is 15.0 Å². The van der Waals surface area contributed by atoms with E-state index in [1.54, 1.807) is 24.5 Å². The zero-order valence-corrected chi connectivity index (χ0v) is 17.3. The molecule has 5 rings (SSSR count). The largest absolute Gasteiger partial charge is 0.573 e. The number of alkyl halides is 3. The Labute approximate surface area is 183 Å². The maximum atomic E-state index is 12.5. The highest BCUT2D eigenvalue weighted by Gasteiger charge is 2.43. The summed E-state index contributed by atoms with van der Waals surface area (Å²) in [5, 5.41) is 4.45. The number of aliphatic imine (C=N–C) groups is 1. The summed E-state index contributed by atoms with van der Waals surface area (Å²) in [6, 6.07) is 18.1. The van der Waals surface area contributed by atoms with Gasteiger partial charge in [0, 0.05) is 36.8 Å². The van der Waals surface area contributed by atoms with E-state index >= 15 is 0 Å². The van der Waals surface area contributed by atoms with E-state index in [9.17, 15) is 13.2 Å². The molecular formula is C24H21F3N4O. The zero-order valence-electron chi connectivity index (χ0n) is 17.3. The third-order valence-electron chi connectivity index (χ3n) is 6.01. The molecule has 3 aromatic rings. The SMILES string of the molecule is CC1(c2ccc(OC(F)(F)F)cc2)NC=CN=C1C1CN(c2ccc3ccccc3n2)C1. The number of pyridine rings is 1. The van der Waals surface area contributed by atoms with E-state index < -0.39 is 11.9 Å². The first-order valence-corrected chi connectivity index (χ1v) is 10.3. The Morgan fingerprint density at radius 2 is 1.78 bits per heavy atom. The van der Waals surface area contributed by atoms with Gasteiger partial charge in [-0.2, -0.15) is 0 Å². The van der Waals surface area contributed by atoms with Crippen LogP contribution in [0.1, 0.15) is 12.5 Å². The zero-order chi connectivity index (χ0) is 22.3. The number of ether oxygens (including phenoxy) is 1. The minimum atomic E-state index is -4.71. The first-order chi connectivity index (χ1) is 15.3. The second-order valence-electron chi connectivity index (χ2n) is 8.14. The number of rotatable bonds is 4. The van der Waals surface area contributed by atoms with E-state index in [2.05, 4.69) is 26.0 Å². The molecule has 0 amide bonds. The molecule has 164 valence electrons. The van der Waals surface area contributed by atoms with E-state index in [-0.39, 0.29) is 11.7 Å². The minimum absolute atomic E-state index is 0.192. The van der Waals surface area contributed by atoms with Crippen LogP contribution in [0.25, 0.3) is 10.9 Å². The van der Waals surface area contributed by atoms with Gasteiger partial charge in [0.15, 0.2) is 0 Å². The van der Waals surface area contributed by atoms with Crippen LogP contribution in [0.2, 0.25) is 0 Å². The molecule has 2 aliphatic heterocycles. The van der Waals surface area contributed by atoms with Gasteiger partial charge in [-0.1, -0.05) is 30.3 Å². The quantitative estimate of drug-likeness (QED) is 0.623. The second-order valence-corrected chi connectivity index (χ2v) is 8.14. The normalized spacial score (nSPS) is 21.1. The van der Waals surface area contributed by atoms with Crippen LogP contribution in [-0.2, 0) is 5.54 Å². The topological polar surface area (TPSA) is 49.8 Å². The summed E-state index contributed by atoms with van der Waals surface area (Å²) in [6.07, 6.45) is -1.24. The molecule has 5 nitrogen and oxygen atoms in total. The molecule has 1 unspecified atom stereocenters. The molecule has 1 atom stereocenters. The van der Waals surface area contributed by atoms with Crippen LogP contribution < -0.4 is 15.0 Å². The van der Waals surface area contributed by atoms with Crippen LogP contribution in [0.4, 0.5) is 19.0 Å². The number of fused-ring (bicyclic) bond motifs is 1. The number of anilines is 1. The van der Waals surface area contributed by atoms with Crippen molar-refractivity contribution >= 4 is 22.4 Å². The Hall–Kier alpha value is -3.55. The number of aromatic nitrogens is 1. The Morgan fingerprint density at radius 1 is 1.03 bits per heavy atom. The first-order valence-electron chi connectivity index (χ1n) is 10.3. The molecule has 8 heteroatoms. The molecule has 0 radical (unpaired) electrons. The molecule has 1 aromatic heterocycles. The Morgan fingerprint density at radius 3 is 2.53 bits per heavy atom. The molecule has 2 aromatic carbocycles. The van der Waals surface area contributed by atoms with Crippen LogP contribution in [0, 0.1) is 5.92 Å². The van der Waals surface area contributed by atoms with Crippen molar-refractivity contribution in [3.8, 4) is 5.75 Å². The van der Waals surface area contributed by atoms with Gasteiger partial charge in [0.05, 0.1) is 16.8 Å². The lowest BCUT2D eigenvalue weighted by Gasteiger charge is -2.46. The molecule has 2 aliphatic rings. The van der Waals surface area contributed by atoms with Crippen molar-refractivity contribution in [2.45, 2.75) is 18.8 Å². The van der Waals surface area contributed by atoms with Gasteiger partial charge in [-0.25, -0.2) is 4.98 Å². The summed E-state index contributed by atoms with van der Waals surface area (Å²) in [5.41, 5.74) is 2.09. The molecule has 0 bridgehead atoms. The summed E-state index contributed by atoms with van der Waals surface area (Å²) < 4.78 is 41.4. The van der Waals surface area contributed by atoms with E-state index in [4.69, 9.17) is 4.98 Å². The van der Waals surface area contributed by atoms with Gasteiger partial charge in [-0.15, -0.1) is 13.2 Å². The Balaban J connectivity index is 1.34. The third kappa shape index (κ3) is 3.77. The number of nitrogens with zero attached hydrogens (tertiary/aromatic N) is 3. The average molecular weight is 438 g/mol. The number of nitrogens with one attached hydrogen (secondary N) is 1. The van der Waals surface area contributed by atoms with E-state index in [1.807, 2.05) is 37.3 Å². The summed E-state index contributed by atoms with van der Waals surface area (Å²) in [6.45, 7) is 3.53. The third-order valence-corrected chi connectivity index (χ3v) is 6.01. The molecule has 0 spiro atoms. The van der Waals surface area contributed by atoms with Crippen molar-refractivity contribution in [1.82, 2.24) is 10.3 Å². The van der Waals surface area contributed by atoms with E-state index in [1.165, 1.54) is 12.1 Å². The summed E-state index contributed by atoms with van der Waals surface area (Å²) in [4.78, 5) is 11.6. The molecule has 32 heavy (non-hydrogen) atoms. The number of hydrogen-bond donors (Lipinski definition) is 1. The Bertz CT molecular complexity index is 1200. The van der Waals surface area contributed by atoms with Crippen LogP contribution >= 0.6 is 0 Å². The van der Waals surface area contributed by atoms with Gasteiger partial charge >= 0.3 is 6.36 Å². The molecule has 0 saturated carbocycles. The maximum absolute atomic E-state index is 12.5. The summed E-state index contributed by atoms with van der Waals surface area (Å²) in [5.74, 6) is 0.874. The van der Waals surface area contributed by atoms with Crippen LogP contribution in [0.5, 0.6) is 5.75 Å². The van der Waals surface area contributed by atoms with Gasteiger partial charge in [0.1, 0.15) is 11.6 Å². The highest BCUT2D eigenvalue weighted by Crippen LogP contribution is 2.35. The average Bonchev–Trinajstić information content (AvgIpc) is 2.73. The Kier molecular flexibility index (Phi) is 4.80. The van der Waals surface area contributed by atoms with Crippen molar-refractivity contribution in [3.05, 3.63) is 78.6 Å². The van der Waals surface area contributed by atoms with Gasteiger partial charge in [-0.3, -0.25) is 4.99 Å². The van der Waals surface area contributed by atoms with Crippen molar-refractivity contribution < 1.29 is 17.9 Å². The molecule has 1 N–H and O–H groups in total. The smallest absolute Gasteiger partial charge is 0.406 e. The van der Waals surface area contributed by atoms with Crippen molar-refractivity contribution in [2.75, 3.05) is 18.0 Å². The lowest BCUT2D eigenvalue weighted by atomic mass is 9.77. The lowest BCUT2D eigenvalue weighted by Crippen LogP contribution is -2.59. The van der Waals surface area contributed by atoms with Gasteiger partial charge in [0.25, 0.3) is 0 Å². The highest BCUT2D eigenvalue weighted by atomic mass is 19.4. The van der Waals surface area contributed by atoms with Gasteiger partial charge in [-0.05, 0) is 42.8 Å². The van der Waals surface area contributed by atoms with Crippen LogP contribution in [0.15, 0.2) is 78.1 Å². The van der Waals surface area contributed by atoms with E-state index in [0.717, 1.165) is 41.1 Å². The fraction of sp³-hybridized carbons (Fsp3) is 0.250. The van der Waals surface area contributed by atoms with Crippen LogP contribution in [0.3, 0.4) is 0 Å². The van der Waals surface area contributed by atoms with Crippen molar-refractivity contribution in [3.63, 3.8) is 0 Å².